The number of hydrogen-bond donors (Lipinski definition) is 1. The Balaban J connectivity index is 2.47. The van der Waals surface area contributed by atoms with Gasteiger partial charge in [-0.25, -0.2) is 0 Å². The number of benzene rings is 1. The van der Waals surface area contributed by atoms with E-state index in [4.69, 9.17) is 23.2 Å². The fourth-order valence-electron chi connectivity index (χ4n) is 1.10. The molecule has 0 aliphatic carbocycles. The normalized spacial score (nSPS) is 10.5. The molecule has 1 N–H and O–H groups in total. The molecule has 14 heavy (non-hydrogen) atoms. The van der Waals surface area contributed by atoms with E-state index in [1.165, 1.54) is 0 Å². The van der Waals surface area contributed by atoms with Crippen LogP contribution in [0.4, 0.5) is 0 Å². The molecule has 0 bridgehead atoms. The van der Waals surface area contributed by atoms with Gasteiger partial charge in [0.1, 0.15) is 4.60 Å². The molecule has 2 rings (SSSR count). The first-order chi connectivity index (χ1) is 6.66. The first-order valence-corrected chi connectivity index (χ1v) is 5.38. The number of nitrogens with one attached hydrogen (secondary N) is 1. The molecule has 72 valence electrons. The van der Waals surface area contributed by atoms with Gasteiger partial charge in [-0.3, -0.25) is 5.10 Å². The van der Waals surface area contributed by atoms with Crippen LogP contribution in [0, 0.1) is 0 Å². The highest BCUT2D eigenvalue weighted by Crippen LogP contribution is 2.28. The fourth-order valence-corrected chi connectivity index (χ4v) is 1.71. The highest BCUT2D eigenvalue weighted by atomic mass is 79.9. The predicted molar refractivity (Wildman–Crippen MR) is 61.7 cm³/mol. The number of rotatable bonds is 1. The van der Waals surface area contributed by atoms with Crippen molar-refractivity contribution < 1.29 is 0 Å². The Kier molecular flexibility index (Phi) is 2.81. The van der Waals surface area contributed by atoms with E-state index in [1.807, 2.05) is 12.1 Å². The lowest BCUT2D eigenvalue weighted by molar-refractivity contribution is 1.07. The Morgan fingerprint density at radius 2 is 1.93 bits per heavy atom. The van der Waals surface area contributed by atoms with Crippen molar-refractivity contribution in [2.24, 2.45) is 0 Å². The predicted octanol–water partition coefficient (Wildman–Crippen LogP) is 4.15. The van der Waals surface area contributed by atoms with Crippen LogP contribution in [0.1, 0.15) is 0 Å². The third-order valence-corrected chi connectivity index (χ3v) is 2.91. The molecule has 1 heterocycles. The van der Waals surface area contributed by atoms with Gasteiger partial charge in [0.2, 0.25) is 0 Å². The second-order valence-corrected chi connectivity index (χ2v) is 4.40. The van der Waals surface area contributed by atoms with Crippen LogP contribution in [-0.2, 0) is 0 Å². The molecule has 0 saturated heterocycles. The maximum atomic E-state index is 5.89. The first kappa shape index (κ1) is 10.0. The summed E-state index contributed by atoms with van der Waals surface area (Å²) in [4.78, 5) is 0. The summed E-state index contributed by atoms with van der Waals surface area (Å²) in [5.41, 5.74) is 1.76. The number of aromatic nitrogens is 2. The number of nitrogens with zero attached hydrogens (tertiary/aromatic N) is 1. The smallest absolute Gasteiger partial charge is 0.101 e. The van der Waals surface area contributed by atoms with E-state index < -0.39 is 0 Å². The van der Waals surface area contributed by atoms with E-state index in [1.54, 1.807) is 12.1 Å². The van der Waals surface area contributed by atoms with Crippen molar-refractivity contribution in [3.8, 4) is 11.3 Å². The molecule has 1 aromatic carbocycles. The largest absolute Gasteiger partial charge is 0.271 e. The standard InChI is InChI=1S/C9H5BrCl2N2/c10-9-4-8(13-14-9)5-1-2-6(11)7(12)3-5/h1-4H,(H,13,14). The molecule has 0 atom stereocenters. The van der Waals surface area contributed by atoms with Gasteiger partial charge in [-0.1, -0.05) is 29.3 Å². The molecule has 0 spiro atoms. The minimum Gasteiger partial charge on any atom is -0.271 e. The van der Waals surface area contributed by atoms with Gasteiger partial charge in [0.05, 0.1) is 15.7 Å². The van der Waals surface area contributed by atoms with Crippen molar-refractivity contribution in [1.29, 1.82) is 0 Å². The van der Waals surface area contributed by atoms with E-state index in [9.17, 15) is 0 Å². The third-order valence-electron chi connectivity index (χ3n) is 1.76. The van der Waals surface area contributed by atoms with E-state index in [-0.39, 0.29) is 0 Å². The lowest BCUT2D eigenvalue weighted by Crippen LogP contribution is -1.78. The summed E-state index contributed by atoms with van der Waals surface area (Å²) in [5.74, 6) is 0. The molecule has 2 aromatic rings. The van der Waals surface area contributed by atoms with Crippen LogP contribution in [0.25, 0.3) is 11.3 Å². The van der Waals surface area contributed by atoms with Gasteiger partial charge >= 0.3 is 0 Å². The lowest BCUT2D eigenvalue weighted by atomic mass is 10.2. The van der Waals surface area contributed by atoms with E-state index in [0.29, 0.717) is 10.0 Å². The molecule has 0 radical (unpaired) electrons. The quantitative estimate of drug-likeness (QED) is 0.840. The summed E-state index contributed by atoms with van der Waals surface area (Å²) < 4.78 is 0.832. The van der Waals surface area contributed by atoms with Gasteiger partial charge in [0.25, 0.3) is 0 Å². The average molecular weight is 292 g/mol. The molecule has 0 fully saturated rings. The van der Waals surface area contributed by atoms with Gasteiger partial charge < -0.3 is 0 Å². The van der Waals surface area contributed by atoms with Gasteiger partial charge in [-0.2, -0.15) is 5.10 Å². The van der Waals surface area contributed by atoms with Crippen molar-refractivity contribution in [3.05, 3.63) is 38.9 Å². The Bertz CT molecular complexity index is 468. The van der Waals surface area contributed by atoms with E-state index in [0.717, 1.165) is 15.9 Å². The second-order valence-electron chi connectivity index (χ2n) is 2.73. The summed E-state index contributed by atoms with van der Waals surface area (Å²) in [7, 11) is 0. The van der Waals surface area contributed by atoms with Gasteiger partial charge in [-0.05, 0) is 34.1 Å². The molecule has 1 aromatic heterocycles. The molecule has 0 saturated carbocycles. The van der Waals surface area contributed by atoms with Crippen LogP contribution >= 0.6 is 39.1 Å². The first-order valence-electron chi connectivity index (χ1n) is 3.83. The Morgan fingerprint density at radius 3 is 2.50 bits per heavy atom. The summed E-state index contributed by atoms with van der Waals surface area (Å²) in [6.07, 6.45) is 0. The number of H-pyrrole nitrogens is 1. The van der Waals surface area contributed by atoms with Crippen LogP contribution in [0.3, 0.4) is 0 Å². The Hall–Kier alpha value is -0.510. The molecular weight excluding hydrogens is 287 g/mol. The molecule has 0 unspecified atom stereocenters. The monoisotopic (exact) mass is 290 g/mol. The molecule has 0 amide bonds. The summed E-state index contributed by atoms with van der Waals surface area (Å²) in [6.45, 7) is 0. The maximum Gasteiger partial charge on any atom is 0.101 e. The highest BCUT2D eigenvalue weighted by Gasteiger charge is 2.04. The van der Waals surface area contributed by atoms with Crippen LogP contribution in [0.2, 0.25) is 10.0 Å². The zero-order valence-corrected chi connectivity index (χ0v) is 9.99. The van der Waals surface area contributed by atoms with Crippen LogP contribution < -0.4 is 0 Å². The zero-order valence-electron chi connectivity index (χ0n) is 6.89. The minimum absolute atomic E-state index is 0.531. The van der Waals surface area contributed by atoms with Crippen LogP contribution in [0.5, 0.6) is 0 Å². The third kappa shape index (κ3) is 1.95. The van der Waals surface area contributed by atoms with Crippen LogP contribution in [0.15, 0.2) is 28.9 Å². The topological polar surface area (TPSA) is 28.7 Å². The number of hydrogen-bond acceptors (Lipinski definition) is 1. The van der Waals surface area contributed by atoms with E-state index in [2.05, 4.69) is 26.1 Å². The van der Waals surface area contributed by atoms with Gasteiger partial charge in [-0.15, -0.1) is 0 Å². The van der Waals surface area contributed by atoms with Crippen molar-refractivity contribution in [3.63, 3.8) is 0 Å². The average Bonchev–Trinajstić information content (AvgIpc) is 2.57. The Morgan fingerprint density at radius 1 is 1.14 bits per heavy atom. The number of aromatic amines is 1. The summed E-state index contributed by atoms with van der Waals surface area (Å²) >= 11 is 15.0. The Labute approximate surface area is 99.4 Å². The summed E-state index contributed by atoms with van der Waals surface area (Å²) in [6, 6.07) is 7.28. The van der Waals surface area contributed by atoms with Crippen LogP contribution in [-0.4, -0.2) is 10.2 Å². The summed E-state index contributed by atoms with van der Waals surface area (Å²) in [5, 5.41) is 7.95. The highest BCUT2D eigenvalue weighted by molar-refractivity contribution is 9.10. The number of halogens is 3. The van der Waals surface area contributed by atoms with Crippen molar-refractivity contribution >= 4 is 39.1 Å². The van der Waals surface area contributed by atoms with E-state index >= 15 is 0 Å². The van der Waals surface area contributed by atoms with Crippen molar-refractivity contribution in [2.45, 2.75) is 0 Å². The van der Waals surface area contributed by atoms with Gasteiger partial charge in [0.15, 0.2) is 0 Å². The zero-order chi connectivity index (χ0) is 10.1. The van der Waals surface area contributed by atoms with Gasteiger partial charge in [0, 0.05) is 5.56 Å². The molecular formula is C9H5BrCl2N2. The molecule has 0 aliphatic heterocycles. The fraction of sp³-hybridized carbons (Fsp3) is 0. The second kappa shape index (κ2) is 3.93. The maximum absolute atomic E-state index is 5.89. The lowest BCUT2D eigenvalue weighted by Gasteiger charge is -1.98. The molecule has 2 nitrogen and oxygen atoms in total. The minimum atomic E-state index is 0.531. The molecule has 5 heteroatoms. The van der Waals surface area contributed by atoms with Crippen molar-refractivity contribution in [2.75, 3.05) is 0 Å². The van der Waals surface area contributed by atoms with Crippen molar-refractivity contribution in [1.82, 2.24) is 10.2 Å². The molecule has 0 aliphatic rings. The SMILES string of the molecule is Clc1ccc(-c2cc(Br)[nH]n2)cc1Cl.